The van der Waals surface area contributed by atoms with Crippen molar-refractivity contribution in [3.8, 4) is 11.1 Å². The quantitative estimate of drug-likeness (QED) is 0.364. The molecule has 0 aliphatic heterocycles. The fourth-order valence-corrected chi connectivity index (χ4v) is 4.02. The van der Waals surface area contributed by atoms with E-state index in [2.05, 4.69) is 98.0 Å². The fraction of sp³-hybridized carbons (Fsp3) is 0.0769. The van der Waals surface area contributed by atoms with Crippen molar-refractivity contribution in [2.75, 3.05) is 0 Å². The van der Waals surface area contributed by atoms with Gasteiger partial charge < -0.3 is 0 Å². The molecule has 0 aromatic heterocycles. The van der Waals surface area contributed by atoms with Crippen LogP contribution >= 0.6 is 0 Å². The van der Waals surface area contributed by atoms with E-state index in [0.717, 1.165) is 6.42 Å². The SMILES string of the molecule is Cc1ccc(C2=C/c3c(ccc4c3Cc3ccccc3-4)/C=C/C=C\2)cc1. The van der Waals surface area contributed by atoms with Gasteiger partial charge in [0, 0.05) is 0 Å². The summed E-state index contributed by atoms with van der Waals surface area (Å²) in [6, 6.07) is 22.1. The zero-order chi connectivity index (χ0) is 17.5. The topological polar surface area (TPSA) is 0 Å². The van der Waals surface area contributed by atoms with Gasteiger partial charge in [-0.15, -0.1) is 0 Å². The highest BCUT2D eigenvalue weighted by atomic mass is 14.2. The summed E-state index contributed by atoms with van der Waals surface area (Å²) >= 11 is 0. The molecule has 0 saturated carbocycles. The summed E-state index contributed by atoms with van der Waals surface area (Å²) in [5.74, 6) is 0. The van der Waals surface area contributed by atoms with E-state index >= 15 is 0 Å². The number of aryl methyl sites for hydroxylation is 1. The van der Waals surface area contributed by atoms with Gasteiger partial charge in [0.15, 0.2) is 0 Å². The molecule has 2 aliphatic carbocycles. The Labute approximate surface area is 154 Å². The average Bonchev–Trinajstić information content (AvgIpc) is 3.02. The highest BCUT2D eigenvalue weighted by Crippen LogP contribution is 2.41. The minimum absolute atomic E-state index is 1.02. The van der Waals surface area contributed by atoms with Crippen LogP contribution in [0, 0.1) is 6.92 Å². The van der Waals surface area contributed by atoms with Gasteiger partial charge in [-0.3, -0.25) is 0 Å². The molecular weight excluding hydrogens is 312 g/mol. The van der Waals surface area contributed by atoms with Gasteiger partial charge in [-0.2, -0.15) is 0 Å². The molecule has 2 aliphatic rings. The highest BCUT2D eigenvalue weighted by Gasteiger charge is 2.21. The van der Waals surface area contributed by atoms with Crippen LogP contribution < -0.4 is 0 Å². The third-order valence-corrected chi connectivity index (χ3v) is 5.41. The van der Waals surface area contributed by atoms with Gasteiger partial charge in [0.2, 0.25) is 0 Å². The van der Waals surface area contributed by atoms with E-state index in [1.54, 1.807) is 0 Å². The molecule has 0 bridgehead atoms. The van der Waals surface area contributed by atoms with Crippen molar-refractivity contribution in [2.24, 2.45) is 0 Å². The van der Waals surface area contributed by atoms with Gasteiger partial charge in [0.1, 0.15) is 0 Å². The number of hydrogen-bond acceptors (Lipinski definition) is 0. The second kappa shape index (κ2) is 6.00. The molecule has 0 heterocycles. The first-order valence-corrected chi connectivity index (χ1v) is 9.17. The Kier molecular flexibility index (Phi) is 3.50. The lowest BCUT2D eigenvalue weighted by Gasteiger charge is -2.13. The molecule has 0 amide bonds. The minimum atomic E-state index is 1.02. The van der Waals surface area contributed by atoms with Crippen LogP contribution in [0.5, 0.6) is 0 Å². The smallest absolute Gasteiger partial charge is 0.000728 e. The Bertz CT molecular complexity index is 1090. The number of benzene rings is 3. The first-order valence-electron chi connectivity index (χ1n) is 9.17. The van der Waals surface area contributed by atoms with E-state index in [-0.39, 0.29) is 0 Å². The summed E-state index contributed by atoms with van der Waals surface area (Å²) in [7, 11) is 0. The Balaban J connectivity index is 1.71. The normalized spacial score (nSPS) is 18.6. The van der Waals surface area contributed by atoms with Gasteiger partial charge in [-0.25, -0.2) is 0 Å². The van der Waals surface area contributed by atoms with Crippen LogP contribution in [-0.2, 0) is 6.42 Å². The lowest BCUT2D eigenvalue weighted by atomic mass is 9.91. The molecule has 0 heteroatoms. The molecule has 0 N–H and O–H groups in total. The second-order valence-corrected chi connectivity index (χ2v) is 7.11. The Morgan fingerprint density at radius 3 is 2.42 bits per heavy atom. The zero-order valence-corrected chi connectivity index (χ0v) is 14.9. The average molecular weight is 332 g/mol. The first-order chi connectivity index (χ1) is 12.8. The van der Waals surface area contributed by atoms with Gasteiger partial charge in [-0.05, 0) is 63.9 Å². The number of hydrogen-bond donors (Lipinski definition) is 0. The van der Waals surface area contributed by atoms with E-state index in [0.29, 0.717) is 0 Å². The Hall–Kier alpha value is -3.12. The van der Waals surface area contributed by atoms with Crippen LogP contribution in [0.4, 0.5) is 0 Å². The van der Waals surface area contributed by atoms with Crippen molar-refractivity contribution < 1.29 is 0 Å². The summed E-state index contributed by atoms with van der Waals surface area (Å²) in [6.07, 6.45) is 12.1. The summed E-state index contributed by atoms with van der Waals surface area (Å²) in [5.41, 5.74) is 12.1. The lowest BCUT2D eigenvalue weighted by Crippen LogP contribution is -1.93. The van der Waals surface area contributed by atoms with Gasteiger partial charge in [0.25, 0.3) is 0 Å². The highest BCUT2D eigenvalue weighted by molar-refractivity contribution is 5.94. The van der Waals surface area contributed by atoms with Crippen molar-refractivity contribution in [2.45, 2.75) is 13.3 Å². The molecule has 0 radical (unpaired) electrons. The lowest BCUT2D eigenvalue weighted by molar-refractivity contribution is 1.25. The molecule has 124 valence electrons. The predicted molar refractivity (Wildman–Crippen MR) is 112 cm³/mol. The summed E-state index contributed by atoms with van der Waals surface area (Å²) < 4.78 is 0. The van der Waals surface area contributed by atoms with Gasteiger partial charge >= 0.3 is 0 Å². The first kappa shape index (κ1) is 15.2. The maximum Gasteiger partial charge on any atom is -0.000728 e. The van der Waals surface area contributed by atoms with E-state index in [1.807, 2.05) is 0 Å². The van der Waals surface area contributed by atoms with Gasteiger partial charge in [0.05, 0.1) is 0 Å². The Morgan fingerprint density at radius 2 is 1.54 bits per heavy atom. The molecular formula is C26H20. The van der Waals surface area contributed by atoms with Crippen LogP contribution in [0.15, 0.2) is 78.9 Å². The van der Waals surface area contributed by atoms with E-state index < -0.39 is 0 Å². The molecule has 3 aromatic carbocycles. The van der Waals surface area contributed by atoms with Crippen molar-refractivity contribution in [3.05, 3.63) is 112 Å². The summed E-state index contributed by atoms with van der Waals surface area (Å²) in [4.78, 5) is 0. The monoisotopic (exact) mass is 332 g/mol. The summed E-state index contributed by atoms with van der Waals surface area (Å²) in [5, 5.41) is 0. The second-order valence-electron chi connectivity index (χ2n) is 7.11. The summed E-state index contributed by atoms with van der Waals surface area (Å²) in [6.45, 7) is 2.13. The molecule has 0 nitrogen and oxygen atoms in total. The third kappa shape index (κ3) is 2.46. The maximum atomic E-state index is 2.37. The van der Waals surface area contributed by atoms with E-state index in [9.17, 15) is 0 Å². The third-order valence-electron chi connectivity index (χ3n) is 5.41. The largest absolute Gasteiger partial charge is 0.0619 e. The molecule has 0 atom stereocenters. The number of rotatable bonds is 1. The van der Waals surface area contributed by atoms with Crippen LogP contribution in [-0.4, -0.2) is 0 Å². The predicted octanol–water partition coefficient (Wildman–Crippen LogP) is 6.69. The molecule has 0 saturated heterocycles. The zero-order valence-electron chi connectivity index (χ0n) is 14.9. The van der Waals surface area contributed by atoms with Crippen LogP contribution in [0.3, 0.4) is 0 Å². The number of allylic oxidation sites excluding steroid dienone is 4. The van der Waals surface area contributed by atoms with E-state index in [1.165, 1.54) is 50.1 Å². The maximum absolute atomic E-state index is 2.37. The molecule has 0 spiro atoms. The van der Waals surface area contributed by atoms with Crippen molar-refractivity contribution in [1.82, 2.24) is 0 Å². The standard InChI is InChI=1S/C26H20/c1-18-10-12-19(13-11-18)21-7-3-2-6-20-14-15-24-23-9-5-4-8-22(23)17-26(24)25(20)16-21/h2-16H,17H2,1H3/b3-2?,6-2+,7-3-,20-6?,21-7?,21-16+,25-16?. The Morgan fingerprint density at radius 1 is 0.731 bits per heavy atom. The molecule has 26 heavy (non-hydrogen) atoms. The fourth-order valence-electron chi connectivity index (χ4n) is 4.02. The van der Waals surface area contributed by atoms with Gasteiger partial charge in [-0.1, -0.05) is 90.5 Å². The molecule has 3 aromatic rings. The molecule has 5 rings (SSSR count). The molecule has 0 fully saturated rings. The van der Waals surface area contributed by atoms with E-state index in [4.69, 9.17) is 0 Å². The van der Waals surface area contributed by atoms with Crippen LogP contribution in [0.2, 0.25) is 0 Å². The van der Waals surface area contributed by atoms with Crippen molar-refractivity contribution in [1.29, 1.82) is 0 Å². The number of fused-ring (bicyclic) bond motifs is 5. The van der Waals surface area contributed by atoms with Crippen LogP contribution in [0.1, 0.15) is 33.4 Å². The van der Waals surface area contributed by atoms with Crippen LogP contribution in [0.25, 0.3) is 28.9 Å². The van der Waals surface area contributed by atoms with Crippen molar-refractivity contribution in [3.63, 3.8) is 0 Å². The molecule has 0 unspecified atom stereocenters. The minimum Gasteiger partial charge on any atom is -0.0619 e. The van der Waals surface area contributed by atoms with Crippen molar-refractivity contribution >= 4 is 17.7 Å².